The van der Waals surface area contributed by atoms with Gasteiger partial charge in [0, 0.05) is 18.6 Å². The third kappa shape index (κ3) is 5.53. The second kappa shape index (κ2) is 7.11. The number of hydrogen-bond acceptors (Lipinski definition) is 3. The second-order valence-corrected chi connectivity index (χ2v) is 7.04. The molecule has 0 aromatic carbocycles. The molecule has 21 heavy (non-hydrogen) atoms. The standard InChI is InChI=1S/C15H29N3O3/c1-14(2,17-13(20)21)11-15(7-5-6-8-15)12(19)16-9-10-18(3)4/h17H,5-11H2,1-4H3,(H,16,19)(H,20,21). The minimum atomic E-state index is -1.04. The van der Waals surface area contributed by atoms with Gasteiger partial charge in [-0.25, -0.2) is 4.79 Å². The molecular formula is C15H29N3O3. The number of likely N-dealkylation sites (N-methyl/N-ethyl adjacent to an activating group) is 1. The Bertz CT molecular complexity index is 374. The highest BCUT2D eigenvalue weighted by atomic mass is 16.4. The van der Waals surface area contributed by atoms with E-state index in [-0.39, 0.29) is 5.91 Å². The van der Waals surface area contributed by atoms with E-state index >= 15 is 0 Å². The van der Waals surface area contributed by atoms with Gasteiger partial charge in [-0.05, 0) is 47.2 Å². The number of amides is 2. The van der Waals surface area contributed by atoms with Crippen molar-refractivity contribution in [2.24, 2.45) is 5.41 Å². The minimum absolute atomic E-state index is 0.0714. The lowest BCUT2D eigenvalue weighted by Gasteiger charge is -2.36. The van der Waals surface area contributed by atoms with E-state index in [0.717, 1.165) is 32.2 Å². The average Bonchev–Trinajstić information content (AvgIpc) is 2.75. The van der Waals surface area contributed by atoms with E-state index in [4.69, 9.17) is 5.11 Å². The first-order valence-electron chi connectivity index (χ1n) is 7.61. The van der Waals surface area contributed by atoms with Crippen LogP contribution in [-0.4, -0.2) is 54.7 Å². The summed E-state index contributed by atoms with van der Waals surface area (Å²) in [6.45, 7) is 5.11. The lowest BCUT2D eigenvalue weighted by Crippen LogP contribution is -2.51. The highest BCUT2D eigenvalue weighted by molar-refractivity contribution is 5.83. The zero-order valence-electron chi connectivity index (χ0n) is 13.7. The van der Waals surface area contributed by atoms with E-state index in [0.29, 0.717) is 13.0 Å². The summed E-state index contributed by atoms with van der Waals surface area (Å²) in [5.74, 6) is 0.0714. The van der Waals surface area contributed by atoms with Crippen molar-refractivity contribution in [2.45, 2.75) is 51.5 Å². The van der Waals surface area contributed by atoms with Crippen molar-refractivity contribution >= 4 is 12.0 Å². The van der Waals surface area contributed by atoms with Crippen LogP contribution >= 0.6 is 0 Å². The molecule has 0 aliphatic heterocycles. The van der Waals surface area contributed by atoms with Crippen molar-refractivity contribution in [1.82, 2.24) is 15.5 Å². The molecule has 1 aliphatic carbocycles. The number of hydrogen-bond donors (Lipinski definition) is 3. The maximum atomic E-state index is 12.6. The van der Waals surface area contributed by atoms with Gasteiger partial charge in [0.2, 0.25) is 5.91 Å². The maximum Gasteiger partial charge on any atom is 0.405 e. The smallest absolute Gasteiger partial charge is 0.405 e. The van der Waals surface area contributed by atoms with Gasteiger partial charge in [0.05, 0.1) is 5.41 Å². The number of rotatable bonds is 7. The summed E-state index contributed by atoms with van der Waals surface area (Å²) < 4.78 is 0. The molecule has 0 atom stereocenters. The lowest BCUT2D eigenvalue weighted by molar-refractivity contribution is -0.132. The SMILES string of the molecule is CN(C)CCNC(=O)C1(CC(C)(C)NC(=O)O)CCCC1. The number of nitrogens with zero attached hydrogens (tertiary/aromatic N) is 1. The van der Waals surface area contributed by atoms with Crippen LogP contribution in [0.3, 0.4) is 0 Å². The Labute approximate surface area is 127 Å². The van der Waals surface area contributed by atoms with E-state index in [2.05, 4.69) is 10.6 Å². The van der Waals surface area contributed by atoms with Gasteiger partial charge >= 0.3 is 6.09 Å². The van der Waals surface area contributed by atoms with E-state index in [1.807, 2.05) is 32.8 Å². The van der Waals surface area contributed by atoms with Gasteiger partial charge in [0.15, 0.2) is 0 Å². The maximum absolute atomic E-state index is 12.6. The summed E-state index contributed by atoms with van der Waals surface area (Å²) in [7, 11) is 3.94. The Morgan fingerprint density at radius 2 is 1.81 bits per heavy atom. The summed E-state index contributed by atoms with van der Waals surface area (Å²) in [4.78, 5) is 25.5. The molecule has 2 amide bonds. The van der Waals surface area contributed by atoms with Crippen LogP contribution in [0.2, 0.25) is 0 Å². The molecule has 6 heteroatoms. The first-order chi connectivity index (χ1) is 9.67. The number of carbonyl (C=O) groups is 2. The van der Waals surface area contributed by atoms with Crippen LogP contribution in [-0.2, 0) is 4.79 Å². The highest BCUT2D eigenvalue weighted by Crippen LogP contribution is 2.44. The summed E-state index contributed by atoms with van der Waals surface area (Å²) in [6.07, 6.45) is 3.24. The molecule has 0 spiro atoms. The molecule has 3 N–H and O–H groups in total. The van der Waals surface area contributed by atoms with Gasteiger partial charge < -0.3 is 20.6 Å². The van der Waals surface area contributed by atoms with Crippen LogP contribution in [0, 0.1) is 5.41 Å². The van der Waals surface area contributed by atoms with Crippen LogP contribution in [0.4, 0.5) is 4.79 Å². The zero-order chi connectivity index (χ0) is 16.1. The second-order valence-electron chi connectivity index (χ2n) is 7.04. The van der Waals surface area contributed by atoms with Crippen molar-refractivity contribution in [3.05, 3.63) is 0 Å². The van der Waals surface area contributed by atoms with Crippen LogP contribution in [0.1, 0.15) is 46.0 Å². The van der Waals surface area contributed by atoms with Gasteiger partial charge in [-0.1, -0.05) is 12.8 Å². The van der Waals surface area contributed by atoms with Crippen molar-refractivity contribution in [1.29, 1.82) is 0 Å². The molecule has 0 aromatic heterocycles. The molecule has 0 heterocycles. The van der Waals surface area contributed by atoms with Crippen molar-refractivity contribution in [3.8, 4) is 0 Å². The third-order valence-electron chi connectivity index (χ3n) is 4.11. The van der Waals surface area contributed by atoms with Crippen LogP contribution in [0.25, 0.3) is 0 Å². The van der Waals surface area contributed by atoms with Crippen LogP contribution in [0.5, 0.6) is 0 Å². The lowest BCUT2D eigenvalue weighted by atomic mass is 9.74. The van der Waals surface area contributed by atoms with Crippen molar-refractivity contribution in [2.75, 3.05) is 27.2 Å². The predicted molar refractivity (Wildman–Crippen MR) is 82.3 cm³/mol. The Morgan fingerprint density at radius 1 is 1.24 bits per heavy atom. The van der Waals surface area contributed by atoms with Crippen molar-refractivity contribution in [3.63, 3.8) is 0 Å². The highest BCUT2D eigenvalue weighted by Gasteiger charge is 2.45. The summed E-state index contributed by atoms with van der Waals surface area (Å²) in [5.41, 5.74) is -1.03. The van der Waals surface area contributed by atoms with Gasteiger partial charge in [0.25, 0.3) is 0 Å². The quantitative estimate of drug-likeness (QED) is 0.668. The normalized spacial score (nSPS) is 17.8. The third-order valence-corrected chi connectivity index (χ3v) is 4.11. The minimum Gasteiger partial charge on any atom is -0.465 e. The topological polar surface area (TPSA) is 81.7 Å². The first kappa shape index (κ1) is 17.8. The molecule has 1 aliphatic rings. The zero-order valence-corrected chi connectivity index (χ0v) is 13.7. The van der Waals surface area contributed by atoms with E-state index < -0.39 is 17.0 Å². The predicted octanol–water partition coefficient (Wildman–Crippen LogP) is 1.66. The Hall–Kier alpha value is -1.30. The summed E-state index contributed by atoms with van der Waals surface area (Å²) >= 11 is 0. The first-order valence-corrected chi connectivity index (χ1v) is 7.61. The Kier molecular flexibility index (Phi) is 6.01. The molecule has 6 nitrogen and oxygen atoms in total. The van der Waals surface area contributed by atoms with Crippen molar-refractivity contribution < 1.29 is 14.7 Å². The molecule has 1 fully saturated rings. The average molecular weight is 299 g/mol. The van der Waals surface area contributed by atoms with E-state index in [9.17, 15) is 9.59 Å². The molecule has 0 bridgehead atoms. The van der Waals surface area contributed by atoms with E-state index in [1.54, 1.807) is 0 Å². The summed E-state index contributed by atoms with van der Waals surface area (Å²) in [5, 5.41) is 14.5. The largest absolute Gasteiger partial charge is 0.465 e. The van der Waals surface area contributed by atoms with Crippen LogP contribution < -0.4 is 10.6 Å². The fraction of sp³-hybridized carbons (Fsp3) is 0.867. The summed E-state index contributed by atoms with van der Waals surface area (Å²) in [6, 6.07) is 0. The molecule has 1 saturated carbocycles. The molecule has 0 radical (unpaired) electrons. The molecule has 0 aromatic rings. The monoisotopic (exact) mass is 299 g/mol. The molecule has 0 saturated heterocycles. The van der Waals surface area contributed by atoms with Gasteiger partial charge in [-0.15, -0.1) is 0 Å². The Balaban J connectivity index is 2.69. The fourth-order valence-corrected chi connectivity index (χ4v) is 3.30. The molecule has 0 unspecified atom stereocenters. The number of carboxylic acid groups (broad SMARTS) is 1. The van der Waals surface area contributed by atoms with Gasteiger partial charge in [-0.3, -0.25) is 4.79 Å². The molecule has 122 valence electrons. The van der Waals surface area contributed by atoms with Gasteiger partial charge in [0.1, 0.15) is 0 Å². The Morgan fingerprint density at radius 3 is 2.29 bits per heavy atom. The fourth-order valence-electron chi connectivity index (χ4n) is 3.30. The van der Waals surface area contributed by atoms with Crippen LogP contribution in [0.15, 0.2) is 0 Å². The number of nitrogens with one attached hydrogen (secondary N) is 2. The molecule has 1 rings (SSSR count). The number of carbonyl (C=O) groups excluding carboxylic acids is 1. The molecular weight excluding hydrogens is 270 g/mol. The van der Waals surface area contributed by atoms with Gasteiger partial charge in [-0.2, -0.15) is 0 Å². The van der Waals surface area contributed by atoms with E-state index in [1.165, 1.54) is 0 Å².